The van der Waals surface area contributed by atoms with Crippen molar-refractivity contribution in [3.63, 3.8) is 0 Å². The van der Waals surface area contributed by atoms with Gasteiger partial charge in [-0.15, -0.1) is 0 Å². The Balaban J connectivity index is 1.98. The Morgan fingerprint density at radius 1 is 1.35 bits per heavy atom. The molecule has 2 heterocycles. The summed E-state index contributed by atoms with van der Waals surface area (Å²) in [6.45, 7) is 3.92. The molecular weight excluding hydrogens is 290 g/mol. The molecule has 0 aliphatic carbocycles. The molecule has 0 amide bonds. The summed E-state index contributed by atoms with van der Waals surface area (Å²) in [5.41, 5.74) is 2.18. The molecule has 5 nitrogen and oxygen atoms in total. The summed E-state index contributed by atoms with van der Waals surface area (Å²) in [5, 5.41) is 21.5. The minimum absolute atomic E-state index is 0.0468. The van der Waals surface area contributed by atoms with Gasteiger partial charge in [-0.3, -0.25) is 0 Å². The summed E-state index contributed by atoms with van der Waals surface area (Å²) in [6, 6.07) is 8.08. The van der Waals surface area contributed by atoms with Gasteiger partial charge in [0.2, 0.25) is 0 Å². The van der Waals surface area contributed by atoms with Gasteiger partial charge in [-0.2, -0.15) is 0 Å². The predicted octanol–water partition coefficient (Wildman–Crippen LogP) is 1.54. The van der Waals surface area contributed by atoms with Crippen molar-refractivity contribution in [3.8, 4) is 0 Å². The quantitative estimate of drug-likeness (QED) is 0.896. The fourth-order valence-corrected chi connectivity index (χ4v) is 3.53. The Morgan fingerprint density at radius 3 is 2.83 bits per heavy atom. The van der Waals surface area contributed by atoms with Gasteiger partial charge in [-0.25, -0.2) is 4.98 Å². The Hall–Kier alpha value is -1.69. The molecule has 0 saturated carbocycles. The van der Waals surface area contributed by atoms with Crippen LogP contribution in [0.2, 0.25) is 0 Å². The summed E-state index contributed by atoms with van der Waals surface area (Å²) < 4.78 is 0. The van der Waals surface area contributed by atoms with E-state index in [0.29, 0.717) is 19.5 Å². The highest BCUT2D eigenvalue weighted by Crippen LogP contribution is 2.31. The smallest absolute Gasteiger partial charge is 0.134 e. The molecule has 1 aliphatic heterocycles. The molecule has 2 N–H and O–H groups in total. The number of fused-ring (bicyclic) bond motifs is 1. The third kappa shape index (κ3) is 3.17. The van der Waals surface area contributed by atoms with Gasteiger partial charge in [0, 0.05) is 30.6 Å². The van der Waals surface area contributed by atoms with E-state index in [1.165, 1.54) is 0 Å². The van der Waals surface area contributed by atoms with Crippen LogP contribution in [0.3, 0.4) is 0 Å². The molecule has 0 spiro atoms. The molecule has 1 saturated heterocycles. The van der Waals surface area contributed by atoms with Gasteiger partial charge in [0.05, 0.1) is 17.7 Å². The van der Waals surface area contributed by atoms with Gasteiger partial charge >= 0.3 is 0 Å². The first-order valence-electron chi connectivity index (χ1n) is 8.04. The van der Waals surface area contributed by atoms with Crippen LogP contribution in [0.25, 0.3) is 10.9 Å². The summed E-state index contributed by atoms with van der Waals surface area (Å²) in [7, 11) is 3.94. The molecule has 3 rings (SSSR count). The van der Waals surface area contributed by atoms with Crippen LogP contribution in [0.1, 0.15) is 17.5 Å². The number of aliphatic hydroxyl groups is 2. The van der Waals surface area contributed by atoms with Crippen molar-refractivity contribution in [2.24, 2.45) is 0 Å². The Labute approximate surface area is 137 Å². The third-order valence-corrected chi connectivity index (χ3v) is 4.52. The van der Waals surface area contributed by atoms with Crippen molar-refractivity contribution < 1.29 is 10.2 Å². The van der Waals surface area contributed by atoms with Gasteiger partial charge < -0.3 is 20.0 Å². The standard InChI is InChI=1S/C18H25N3O2/c1-13-5-4-6-14-9-15(10-22)17(19-16(13)14)21-8-7-18(23,12-21)11-20(2)3/h4-6,9,22-23H,7-8,10-12H2,1-3H3. The number of aliphatic hydroxyl groups excluding tert-OH is 1. The van der Waals surface area contributed by atoms with Gasteiger partial charge in [0.15, 0.2) is 0 Å². The SMILES string of the molecule is Cc1cccc2cc(CO)c(N3CCC(O)(CN(C)C)C3)nc12. The third-order valence-electron chi connectivity index (χ3n) is 4.52. The summed E-state index contributed by atoms with van der Waals surface area (Å²) in [5.74, 6) is 0.795. The zero-order valence-corrected chi connectivity index (χ0v) is 14.1. The zero-order valence-electron chi connectivity index (χ0n) is 14.1. The molecule has 1 aromatic heterocycles. The number of β-amino-alcohol motifs (C(OH)–C–C–N with tert-alkyl or cyclic N) is 1. The number of anilines is 1. The topological polar surface area (TPSA) is 59.8 Å². The van der Waals surface area contributed by atoms with Crippen molar-refractivity contribution in [1.82, 2.24) is 9.88 Å². The van der Waals surface area contributed by atoms with E-state index in [1.54, 1.807) is 0 Å². The number of hydrogen-bond acceptors (Lipinski definition) is 5. The largest absolute Gasteiger partial charge is 0.392 e. The van der Waals surface area contributed by atoms with Crippen LogP contribution in [0.15, 0.2) is 24.3 Å². The molecule has 124 valence electrons. The van der Waals surface area contributed by atoms with Gasteiger partial charge in [0.1, 0.15) is 5.82 Å². The maximum absolute atomic E-state index is 10.8. The number of pyridine rings is 1. The first kappa shape index (κ1) is 16.2. The van der Waals surface area contributed by atoms with Crippen LogP contribution in [-0.4, -0.2) is 59.4 Å². The highest BCUT2D eigenvalue weighted by atomic mass is 16.3. The molecule has 0 radical (unpaired) electrons. The van der Waals surface area contributed by atoms with Crippen molar-refractivity contribution in [3.05, 3.63) is 35.4 Å². The highest BCUT2D eigenvalue weighted by Gasteiger charge is 2.37. The number of nitrogens with zero attached hydrogens (tertiary/aromatic N) is 3. The van der Waals surface area contributed by atoms with E-state index >= 15 is 0 Å². The minimum Gasteiger partial charge on any atom is -0.392 e. The lowest BCUT2D eigenvalue weighted by atomic mass is 10.0. The number of rotatable bonds is 4. The molecule has 1 unspecified atom stereocenters. The normalized spacial score (nSPS) is 21.6. The Morgan fingerprint density at radius 2 is 2.13 bits per heavy atom. The lowest BCUT2D eigenvalue weighted by Gasteiger charge is -2.27. The number of likely N-dealkylation sites (N-methyl/N-ethyl adjacent to an activating group) is 1. The monoisotopic (exact) mass is 315 g/mol. The number of benzene rings is 1. The van der Waals surface area contributed by atoms with E-state index in [1.807, 2.05) is 50.2 Å². The summed E-state index contributed by atoms with van der Waals surface area (Å²) in [4.78, 5) is 8.92. The molecule has 1 aromatic carbocycles. The van der Waals surface area contributed by atoms with Crippen LogP contribution < -0.4 is 4.90 Å². The minimum atomic E-state index is -0.724. The van der Waals surface area contributed by atoms with Crippen LogP contribution in [0.4, 0.5) is 5.82 Å². The van der Waals surface area contributed by atoms with E-state index in [0.717, 1.165) is 34.4 Å². The molecule has 2 aromatic rings. The average molecular weight is 315 g/mol. The number of para-hydroxylation sites is 1. The van der Waals surface area contributed by atoms with Crippen molar-refractivity contribution >= 4 is 16.7 Å². The second-order valence-electron chi connectivity index (χ2n) is 6.91. The summed E-state index contributed by atoms with van der Waals surface area (Å²) in [6.07, 6.45) is 0.712. The second kappa shape index (κ2) is 6.07. The number of aromatic nitrogens is 1. The van der Waals surface area contributed by atoms with Gasteiger partial charge in [0.25, 0.3) is 0 Å². The van der Waals surface area contributed by atoms with E-state index < -0.39 is 5.60 Å². The van der Waals surface area contributed by atoms with E-state index in [9.17, 15) is 10.2 Å². The molecule has 1 aliphatic rings. The summed E-state index contributed by atoms with van der Waals surface area (Å²) >= 11 is 0. The van der Waals surface area contributed by atoms with Gasteiger partial charge in [-0.05, 0) is 39.1 Å². The van der Waals surface area contributed by atoms with E-state index in [4.69, 9.17) is 4.98 Å². The zero-order chi connectivity index (χ0) is 16.6. The molecule has 5 heteroatoms. The van der Waals surface area contributed by atoms with Crippen molar-refractivity contribution in [2.75, 3.05) is 38.6 Å². The molecule has 1 atom stereocenters. The Kier molecular flexibility index (Phi) is 4.27. The number of aryl methyl sites for hydroxylation is 1. The van der Waals surface area contributed by atoms with Crippen molar-refractivity contribution in [1.29, 1.82) is 0 Å². The number of hydrogen-bond donors (Lipinski definition) is 2. The molecular formula is C18H25N3O2. The maximum Gasteiger partial charge on any atom is 0.134 e. The van der Waals surface area contributed by atoms with Crippen LogP contribution in [-0.2, 0) is 6.61 Å². The van der Waals surface area contributed by atoms with E-state index in [2.05, 4.69) is 4.90 Å². The molecule has 23 heavy (non-hydrogen) atoms. The first-order chi connectivity index (χ1) is 10.9. The van der Waals surface area contributed by atoms with Crippen LogP contribution in [0.5, 0.6) is 0 Å². The van der Waals surface area contributed by atoms with Crippen LogP contribution in [0, 0.1) is 6.92 Å². The first-order valence-corrected chi connectivity index (χ1v) is 8.04. The molecule has 0 bridgehead atoms. The van der Waals surface area contributed by atoms with Crippen molar-refractivity contribution in [2.45, 2.75) is 25.6 Å². The Bertz CT molecular complexity index is 717. The maximum atomic E-state index is 10.8. The van der Waals surface area contributed by atoms with Gasteiger partial charge in [-0.1, -0.05) is 18.2 Å². The lowest BCUT2D eigenvalue weighted by Crippen LogP contribution is -2.42. The predicted molar refractivity (Wildman–Crippen MR) is 92.7 cm³/mol. The van der Waals surface area contributed by atoms with Crippen LogP contribution >= 0.6 is 0 Å². The van der Waals surface area contributed by atoms with E-state index in [-0.39, 0.29) is 6.61 Å². The average Bonchev–Trinajstić information content (AvgIpc) is 2.87. The fourth-order valence-electron chi connectivity index (χ4n) is 3.53. The molecule has 1 fully saturated rings. The fraction of sp³-hybridized carbons (Fsp3) is 0.500. The second-order valence-corrected chi connectivity index (χ2v) is 6.91. The lowest BCUT2D eigenvalue weighted by molar-refractivity contribution is 0.0365. The highest BCUT2D eigenvalue weighted by molar-refractivity contribution is 5.84.